The Labute approximate surface area is 114 Å². The molecule has 0 radical (unpaired) electrons. The van der Waals surface area contributed by atoms with Crippen molar-refractivity contribution in [1.29, 1.82) is 0 Å². The van der Waals surface area contributed by atoms with Gasteiger partial charge in [0.1, 0.15) is 12.4 Å². The van der Waals surface area contributed by atoms with E-state index >= 15 is 0 Å². The first-order valence-corrected chi connectivity index (χ1v) is 6.53. The fraction of sp³-hybridized carbons (Fsp3) is 0.400. The van der Waals surface area contributed by atoms with Gasteiger partial charge in [-0.25, -0.2) is 0 Å². The van der Waals surface area contributed by atoms with Gasteiger partial charge in [-0.1, -0.05) is 31.7 Å². The van der Waals surface area contributed by atoms with E-state index in [2.05, 4.69) is 17.2 Å². The summed E-state index contributed by atoms with van der Waals surface area (Å²) >= 11 is 0. The number of para-hydroxylation sites is 2. The van der Waals surface area contributed by atoms with Gasteiger partial charge >= 0.3 is 0 Å². The summed E-state index contributed by atoms with van der Waals surface area (Å²) in [7, 11) is 0. The van der Waals surface area contributed by atoms with Crippen LogP contribution in [0.5, 0.6) is 5.75 Å². The van der Waals surface area contributed by atoms with Gasteiger partial charge in [0.05, 0.1) is 12.2 Å². The molecule has 0 aliphatic heterocycles. The smallest absolute Gasteiger partial charge is 0.239 e. The molecule has 1 aromatic carbocycles. The molecule has 19 heavy (non-hydrogen) atoms. The van der Waals surface area contributed by atoms with Crippen molar-refractivity contribution in [2.75, 3.05) is 18.5 Å². The molecular formula is C15H22N2O2. The highest BCUT2D eigenvalue weighted by molar-refractivity contribution is 5.81. The van der Waals surface area contributed by atoms with Crippen molar-refractivity contribution in [3.8, 4) is 5.75 Å². The van der Waals surface area contributed by atoms with E-state index in [-0.39, 0.29) is 18.5 Å². The summed E-state index contributed by atoms with van der Waals surface area (Å²) in [5.74, 6) is 0.701. The first kappa shape index (κ1) is 15.1. The van der Waals surface area contributed by atoms with E-state index in [0.717, 1.165) is 17.9 Å². The lowest BCUT2D eigenvalue weighted by Crippen LogP contribution is -2.36. The molecule has 0 heterocycles. The number of hydrogen-bond donors (Lipinski definition) is 2. The third-order valence-corrected chi connectivity index (χ3v) is 2.70. The number of nitrogens with one attached hydrogen (secondary N) is 2. The summed E-state index contributed by atoms with van der Waals surface area (Å²) in [5.41, 5.74) is 0.809. The lowest BCUT2D eigenvalue weighted by molar-refractivity contribution is -0.120. The second-order valence-electron chi connectivity index (χ2n) is 4.33. The van der Waals surface area contributed by atoms with Crippen LogP contribution in [0.15, 0.2) is 36.9 Å². The number of carbonyl (C=O) groups is 1. The van der Waals surface area contributed by atoms with Crippen LogP contribution in [-0.2, 0) is 4.79 Å². The van der Waals surface area contributed by atoms with Crippen LogP contribution >= 0.6 is 0 Å². The van der Waals surface area contributed by atoms with Crippen LogP contribution in [0.3, 0.4) is 0 Å². The summed E-state index contributed by atoms with van der Waals surface area (Å²) in [6.07, 6.45) is 2.61. The zero-order valence-corrected chi connectivity index (χ0v) is 11.6. The predicted molar refractivity (Wildman–Crippen MR) is 78.5 cm³/mol. The second-order valence-corrected chi connectivity index (χ2v) is 4.33. The van der Waals surface area contributed by atoms with Crippen molar-refractivity contribution >= 4 is 11.6 Å². The number of anilines is 1. The number of ether oxygens (including phenoxy) is 1. The van der Waals surface area contributed by atoms with Crippen molar-refractivity contribution < 1.29 is 9.53 Å². The normalized spacial score (nSPS) is 11.5. The monoisotopic (exact) mass is 262 g/mol. The van der Waals surface area contributed by atoms with Crippen LogP contribution in [0.25, 0.3) is 0 Å². The lowest BCUT2D eigenvalue weighted by atomic mass is 10.2. The molecule has 0 fully saturated rings. The van der Waals surface area contributed by atoms with Crippen LogP contribution in [0.2, 0.25) is 0 Å². The maximum atomic E-state index is 11.7. The summed E-state index contributed by atoms with van der Waals surface area (Å²) < 4.78 is 5.51. The van der Waals surface area contributed by atoms with Crippen molar-refractivity contribution in [2.45, 2.75) is 26.3 Å². The molecule has 0 aromatic heterocycles. The average Bonchev–Trinajstić information content (AvgIpc) is 2.43. The topological polar surface area (TPSA) is 50.4 Å². The van der Waals surface area contributed by atoms with Crippen LogP contribution in [0.4, 0.5) is 5.69 Å². The van der Waals surface area contributed by atoms with E-state index in [1.807, 2.05) is 38.1 Å². The Hall–Kier alpha value is -1.97. The Bertz CT molecular complexity index is 418. The summed E-state index contributed by atoms with van der Waals surface area (Å²) in [5, 5.41) is 5.98. The molecule has 104 valence electrons. The van der Waals surface area contributed by atoms with Gasteiger partial charge < -0.3 is 15.4 Å². The zero-order chi connectivity index (χ0) is 14.1. The molecular weight excluding hydrogens is 240 g/mol. The van der Waals surface area contributed by atoms with E-state index in [9.17, 15) is 4.79 Å². The fourth-order valence-electron chi connectivity index (χ4n) is 1.49. The molecule has 0 spiro atoms. The lowest BCUT2D eigenvalue weighted by Gasteiger charge is -2.14. The molecule has 0 aliphatic rings. The third-order valence-electron chi connectivity index (χ3n) is 2.70. The molecule has 0 saturated carbocycles. The summed E-state index contributed by atoms with van der Waals surface area (Å²) in [4.78, 5) is 11.7. The summed E-state index contributed by atoms with van der Waals surface area (Å²) in [6.45, 7) is 8.31. The number of benzene rings is 1. The minimum Gasteiger partial charge on any atom is -0.487 e. The van der Waals surface area contributed by atoms with Crippen LogP contribution in [0.1, 0.15) is 20.3 Å². The van der Waals surface area contributed by atoms with E-state index in [4.69, 9.17) is 4.74 Å². The van der Waals surface area contributed by atoms with Gasteiger partial charge in [-0.05, 0) is 25.5 Å². The largest absolute Gasteiger partial charge is 0.487 e. The Morgan fingerprint density at radius 1 is 1.47 bits per heavy atom. The van der Waals surface area contributed by atoms with Crippen molar-refractivity contribution in [2.24, 2.45) is 0 Å². The first-order valence-electron chi connectivity index (χ1n) is 6.53. The van der Waals surface area contributed by atoms with E-state index in [1.54, 1.807) is 6.08 Å². The van der Waals surface area contributed by atoms with Crippen LogP contribution < -0.4 is 15.4 Å². The molecule has 2 N–H and O–H groups in total. The maximum Gasteiger partial charge on any atom is 0.239 e. The van der Waals surface area contributed by atoms with Crippen molar-refractivity contribution in [3.05, 3.63) is 36.9 Å². The van der Waals surface area contributed by atoms with Gasteiger partial charge in [-0.3, -0.25) is 4.79 Å². The van der Waals surface area contributed by atoms with E-state index < -0.39 is 0 Å². The highest BCUT2D eigenvalue weighted by atomic mass is 16.5. The molecule has 4 nitrogen and oxygen atoms in total. The Balaban J connectivity index is 2.52. The molecule has 1 amide bonds. The molecule has 1 atom stereocenters. The predicted octanol–water partition coefficient (Wildman–Crippen LogP) is 2.58. The standard InChI is InChI=1S/C15H22N2O2/c1-4-10-19-14-9-7-6-8-13(14)16-11-15(18)17-12(3)5-2/h4,6-9,12,16H,1,5,10-11H2,2-3H3,(H,17,18). The second kappa shape index (κ2) is 8.19. The molecule has 1 aromatic rings. The van der Waals surface area contributed by atoms with E-state index in [1.165, 1.54) is 0 Å². The number of carbonyl (C=O) groups excluding carboxylic acids is 1. The van der Waals surface area contributed by atoms with Crippen LogP contribution in [0, 0.1) is 0 Å². The SMILES string of the molecule is C=CCOc1ccccc1NCC(=O)NC(C)CC. The first-order chi connectivity index (χ1) is 9.17. The molecule has 4 heteroatoms. The number of amides is 1. The van der Waals surface area contributed by atoms with Crippen LogP contribution in [-0.4, -0.2) is 25.1 Å². The minimum absolute atomic E-state index is 0.0205. The summed E-state index contributed by atoms with van der Waals surface area (Å²) in [6, 6.07) is 7.73. The quantitative estimate of drug-likeness (QED) is 0.708. The van der Waals surface area contributed by atoms with E-state index in [0.29, 0.717) is 6.61 Å². The number of rotatable bonds is 8. The van der Waals surface area contributed by atoms with Crippen molar-refractivity contribution in [1.82, 2.24) is 5.32 Å². The van der Waals surface area contributed by atoms with Gasteiger partial charge in [0.2, 0.25) is 5.91 Å². The van der Waals surface area contributed by atoms with Gasteiger partial charge in [0.25, 0.3) is 0 Å². The van der Waals surface area contributed by atoms with Crippen molar-refractivity contribution in [3.63, 3.8) is 0 Å². The molecule has 1 unspecified atom stereocenters. The highest BCUT2D eigenvalue weighted by Gasteiger charge is 2.07. The van der Waals surface area contributed by atoms with Gasteiger partial charge in [-0.15, -0.1) is 0 Å². The Morgan fingerprint density at radius 3 is 2.89 bits per heavy atom. The molecule has 0 saturated heterocycles. The third kappa shape index (κ3) is 5.46. The molecule has 1 rings (SSSR count). The Morgan fingerprint density at radius 2 is 2.21 bits per heavy atom. The van der Waals surface area contributed by atoms with Gasteiger partial charge in [0, 0.05) is 6.04 Å². The highest BCUT2D eigenvalue weighted by Crippen LogP contribution is 2.23. The minimum atomic E-state index is -0.0205. The zero-order valence-electron chi connectivity index (χ0n) is 11.6. The Kier molecular flexibility index (Phi) is 6.50. The molecule has 0 bridgehead atoms. The molecule has 0 aliphatic carbocycles. The fourth-order valence-corrected chi connectivity index (χ4v) is 1.49. The van der Waals surface area contributed by atoms with Gasteiger partial charge in [-0.2, -0.15) is 0 Å². The number of hydrogen-bond acceptors (Lipinski definition) is 3. The average molecular weight is 262 g/mol. The maximum absolute atomic E-state index is 11.7. The van der Waals surface area contributed by atoms with Gasteiger partial charge in [0.15, 0.2) is 0 Å².